The van der Waals surface area contributed by atoms with Gasteiger partial charge >= 0.3 is 11.4 Å². The van der Waals surface area contributed by atoms with Crippen LogP contribution in [-0.4, -0.2) is 41.2 Å². The van der Waals surface area contributed by atoms with Crippen LogP contribution < -0.4 is 20.1 Å². The predicted octanol–water partition coefficient (Wildman–Crippen LogP) is 4.72. The molecule has 0 aliphatic heterocycles. The van der Waals surface area contributed by atoms with Crippen molar-refractivity contribution in [3.8, 4) is 5.75 Å². The number of nitro benzene ring substituents is 2. The van der Waals surface area contributed by atoms with E-state index in [0.29, 0.717) is 22.8 Å². The van der Waals surface area contributed by atoms with Crippen LogP contribution in [0, 0.1) is 34.1 Å². The molecular weight excluding hydrogens is 570 g/mol. The minimum Gasteiger partial charge on any atom is -0.497 e. The molecule has 0 spiro atoms. The second-order valence-electron chi connectivity index (χ2n) is 8.82. The number of ether oxygens (including phenoxy) is 1. The van der Waals surface area contributed by atoms with Gasteiger partial charge in [0.2, 0.25) is 5.95 Å². The summed E-state index contributed by atoms with van der Waals surface area (Å²) in [6.45, 7) is 3.39. The van der Waals surface area contributed by atoms with E-state index < -0.39 is 42.8 Å². The van der Waals surface area contributed by atoms with Gasteiger partial charge in [0.25, 0.3) is 15.9 Å². The van der Waals surface area contributed by atoms with Gasteiger partial charge in [-0.05, 0) is 68.4 Å². The molecule has 0 atom stereocenters. The molecule has 15 nitrogen and oxygen atoms in total. The van der Waals surface area contributed by atoms with Gasteiger partial charge < -0.3 is 15.4 Å². The lowest BCUT2D eigenvalue weighted by Crippen LogP contribution is -2.16. The Labute approximate surface area is 238 Å². The number of nitrogens with one attached hydrogen (secondary N) is 3. The summed E-state index contributed by atoms with van der Waals surface area (Å²) in [7, 11) is -2.60. The van der Waals surface area contributed by atoms with Gasteiger partial charge in [0.1, 0.15) is 5.75 Å². The van der Waals surface area contributed by atoms with Crippen molar-refractivity contribution in [1.82, 2.24) is 9.97 Å². The summed E-state index contributed by atoms with van der Waals surface area (Å²) < 4.78 is 32.9. The van der Waals surface area contributed by atoms with Crippen molar-refractivity contribution in [3.05, 3.63) is 104 Å². The zero-order valence-electron chi connectivity index (χ0n) is 22.3. The summed E-state index contributed by atoms with van der Waals surface area (Å²) in [6.07, 6.45) is 0. The van der Waals surface area contributed by atoms with Crippen molar-refractivity contribution < 1.29 is 27.8 Å². The number of methoxy groups -OCH3 is 1. The first kappa shape index (κ1) is 29.3. The molecule has 4 aromatic rings. The number of amides is 1. The van der Waals surface area contributed by atoms with Crippen LogP contribution in [0.25, 0.3) is 0 Å². The molecule has 3 aromatic carbocycles. The van der Waals surface area contributed by atoms with Gasteiger partial charge in [0, 0.05) is 34.9 Å². The molecule has 3 N–H and O–H groups in total. The number of hydrogen-bond acceptors (Lipinski definition) is 11. The zero-order valence-corrected chi connectivity index (χ0v) is 23.1. The molecule has 216 valence electrons. The number of anilines is 4. The van der Waals surface area contributed by atoms with Crippen LogP contribution in [0.4, 0.5) is 34.4 Å². The Morgan fingerprint density at radius 1 is 0.833 bits per heavy atom. The predicted molar refractivity (Wildman–Crippen MR) is 153 cm³/mol. The molecule has 16 heteroatoms. The van der Waals surface area contributed by atoms with E-state index in [1.165, 1.54) is 43.5 Å². The fraction of sp³-hybridized carbons (Fsp3) is 0.115. The van der Waals surface area contributed by atoms with Gasteiger partial charge in [-0.25, -0.2) is 23.1 Å². The Kier molecular flexibility index (Phi) is 8.28. The molecule has 0 saturated heterocycles. The molecule has 0 bridgehead atoms. The third-order valence-corrected chi connectivity index (χ3v) is 7.09. The normalized spacial score (nSPS) is 10.9. The van der Waals surface area contributed by atoms with E-state index in [2.05, 4.69) is 25.3 Å². The minimum absolute atomic E-state index is 0.0991. The largest absolute Gasteiger partial charge is 0.497 e. The Bertz CT molecular complexity index is 1740. The third-order valence-electron chi connectivity index (χ3n) is 5.74. The molecule has 42 heavy (non-hydrogen) atoms. The average molecular weight is 594 g/mol. The fourth-order valence-corrected chi connectivity index (χ4v) is 4.79. The lowest BCUT2D eigenvalue weighted by molar-refractivity contribution is -0.392. The number of aromatic nitrogens is 2. The number of rotatable bonds is 10. The van der Waals surface area contributed by atoms with Gasteiger partial charge in [-0.1, -0.05) is 0 Å². The number of benzene rings is 3. The van der Waals surface area contributed by atoms with Crippen LogP contribution in [0.5, 0.6) is 5.75 Å². The van der Waals surface area contributed by atoms with E-state index in [1.807, 2.05) is 0 Å². The summed E-state index contributed by atoms with van der Waals surface area (Å²) >= 11 is 0. The number of nitrogens with zero attached hydrogens (tertiary/aromatic N) is 4. The zero-order chi connectivity index (χ0) is 30.6. The first-order valence-corrected chi connectivity index (χ1v) is 13.5. The van der Waals surface area contributed by atoms with Gasteiger partial charge in [-0.15, -0.1) is 0 Å². The SMILES string of the molecule is COc1ccc(Nc2c([N+](=O)[O-])cc(C(=O)Nc3ccc(S(=O)(=O)Nc4nc(C)cc(C)n4)cc3)cc2[N+](=O)[O-])cc1. The van der Waals surface area contributed by atoms with Crippen molar-refractivity contribution in [2.45, 2.75) is 18.7 Å². The number of carbonyl (C=O) groups is 1. The van der Waals surface area contributed by atoms with Crippen molar-refractivity contribution in [3.63, 3.8) is 0 Å². The molecule has 0 aliphatic rings. The highest BCUT2D eigenvalue weighted by Crippen LogP contribution is 2.38. The van der Waals surface area contributed by atoms with E-state index in [9.17, 15) is 33.4 Å². The molecule has 0 saturated carbocycles. The average Bonchev–Trinajstić information content (AvgIpc) is 2.92. The van der Waals surface area contributed by atoms with Gasteiger partial charge in [-0.3, -0.25) is 25.0 Å². The highest BCUT2D eigenvalue weighted by atomic mass is 32.2. The topological polar surface area (TPSA) is 209 Å². The summed E-state index contributed by atoms with van der Waals surface area (Å²) in [5, 5.41) is 28.8. The number of nitro groups is 2. The van der Waals surface area contributed by atoms with Gasteiger partial charge in [0.05, 0.1) is 27.4 Å². The number of sulfonamides is 1. The minimum atomic E-state index is -4.06. The maximum Gasteiger partial charge on any atom is 0.300 e. The highest BCUT2D eigenvalue weighted by molar-refractivity contribution is 7.92. The lowest BCUT2D eigenvalue weighted by Gasteiger charge is -2.11. The number of aryl methyl sites for hydroxylation is 2. The van der Waals surface area contributed by atoms with Gasteiger partial charge in [-0.2, -0.15) is 0 Å². The van der Waals surface area contributed by atoms with Crippen molar-refractivity contribution in [1.29, 1.82) is 0 Å². The van der Waals surface area contributed by atoms with E-state index in [1.54, 1.807) is 32.0 Å². The second kappa shape index (κ2) is 11.8. The molecule has 0 fully saturated rings. The first-order valence-electron chi connectivity index (χ1n) is 12.0. The van der Waals surface area contributed by atoms with Crippen LogP contribution >= 0.6 is 0 Å². The quantitative estimate of drug-likeness (QED) is 0.169. The lowest BCUT2D eigenvalue weighted by atomic mass is 10.1. The van der Waals surface area contributed by atoms with E-state index in [4.69, 9.17) is 4.74 Å². The smallest absolute Gasteiger partial charge is 0.300 e. The molecule has 0 radical (unpaired) electrons. The van der Waals surface area contributed by atoms with Crippen molar-refractivity contribution in [2.75, 3.05) is 22.5 Å². The second-order valence-corrected chi connectivity index (χ2v) is 10.5. The van der Waals surface area contributed by atoms with Crippen molar-refractivity contribution in [2.24, 2.45) is 0 Å². The third kappa shape index (κ3) is 6.73. The summed E-state index contributed by atoms with van der Waals surface area (Å²) in [5.41, 5.74) is -0.593. The Hall–Kier alpha value is -5.64. The molecule has 0 unspecified atom stereocenters. The van der Waals surface area contributed by atoms with Crippen LogP contribution in [0.3, 0.4) is 0 Å². The molecule has 0 aliphatic carbocycles. The number of carbonyl (C=O) groups excluding carboxylic acids is 1. The first-order chi connectivity index (χ1) is 19.9. The highest BCUT2D eigenvalue weighted by Gasteiger charge is 2.29. The van der Waals surface area contributed by atoms with E-state index >= 15 is 0 Å². The molecule has 1 amide bonds. The van der Waals surface area contributed by atoms with Gasteiger partial charge in [0.15, 0.2) is 5.69 Å². The Morgan fingerprint density at radius 2 is 1.36 bits per heavy atom. The van der Waals surface area contributed by atoms with Crippen LogP contribution in [0.15, 0.2) is 71.6 Å². The Morgan fingerprint density at radius 3 is 1.86 bits per heavy atom. The van der Waals surface area contributed by atoms with E-state index in [-0.39, 0.29) is 22.1 Å². The van der Waals surface area contributed by atoms with Crippen LogP contribution in [0.1, 0.15) is 21.7 Å². The van der Waals surface area contributed by atoms with Crippen LogP contribution in [-0.2, 0) is 10.0 Å². The maximum absolute atomic E-state index is 13.0. The number of hydrogen-bond donors (Lipinski definition) is 3. The fourth-order valence-electron chi connectivity index (χ4n) is 3.85. The van der Waals surface area contributed by atoms with E-state index in [0.717, 1.165) is 12.1 Å². The van der Waals surface area contributed by atoms with Crippen molar-refractivity contribution >= 4 is 50.3 Å². The maximum atomic E-state index is 13.0. The monoisotopic (exact) mass is 593 g/mol. The summed E-state index contributed by atoms with van der Waals surface area (Å²) in [5.74, 6) is -0.485. The summed E-state index contributed by atoms with van der Waals surface area (Å²) in [6, 6.07) is 14.7. The molecular formula is C26H23N7O8S. The molecule has 1 heterocycles. The molecule has 4 rings (SSSR count). The molecule has 1 aromatic heterocycles. The summed E-state index contributed by atoms with van der Waals surface area (Å²) in [4.78, 5) is 42.9. The Balaban J connectivity index is 1.58. The standard InChI is InChI=1S/C26H23N7O8S/c1-15-12-16(2)28-26(27-15)31-42(39,40)21-10-6-19(7-11-21)30-25(34)17-13-22(32(35)36)24(23(14-17)33(37)38)29-18-4-8-20(41-3)9-5-18/h4-14,29H,1-3H3,(H,30,34)(H,27,28,31). The van der Waals surface area contributed by atoms with Crippen LogP contribution in [0.2, 0.25) is 0 Å².